The molecule has 0 spiro atoms. The molecule has 0 saturated heterocycles. The third-order valence-electron chi connectivity index (χ3n) is 3.40. The molecule has 20 heavy (non-hydrogen) atoms. The van der Waals surface area contributed by atoms with Gasteiger partial charge in [-0.3, -0.25) is 0 Å². The number of hydrogen-bond acceptors (Lipinski definition) is 1. The maximum absolute atomic E-state index is 13.7. The predicted octanol–water partition coefficient (Wildman–Crippen LogP) is 3.53. The molecule has 0 bridgehead atoms. The Kier molecular flexibility index (Phi) is 3.58. The topological polar surface area (TPSA) is 32.9 Å². The van der Waals surface area contributed by atoms with E-state index in [1.807, 2.05) is 79.0 Å². The Balaban J connectivity index is 2.10. The van der Waals surface area contributed by atoms with Crippen LogP contribution >= 0.6 is 7.14 Å². The number of benzene rings is 2. The monoisotopic (exact) mass is 281 g/mol. The lowest BCUT2D eigenvalue weighted by atomic mass is 10.4. The molecule has 1 N–H and O–H groups in total. The highest BCUT2D eigenvalue weighted by molar-refractivity contribution is 7.78. The van der Waals surface area contributed by atoms with Crippen LogP contribution in [-0.4, -0.2) is 4.98 Å². The number of rotatable bonds is 4. The van der Waals surface area contributed by atoms with Crippen LogP contribution in [0.15, 0.2) is 79.0 Å². The molecule has 0 saturated carbocycles. The average Bonchev–Trinajstić information content (AvgIpc) is 3.02. The van der Waals surface area contributed by atoms with Gasteiger partial charge in [0.2, 0.25) is 0 Å². The fourth-order valence-electron chi connectivity index (χ4n) is 2.38. The van der Waals surface area contributed by atoms with Crippen molar-refractivity contribution in [1.82, 2.24) is 4.98 Å². The number of hydrogen-bond donors (Lipinski definition) is 1. The molecule has 0 fully saturated rings. The van der Waals surface area contributed by atoms with E-state index in [-0.39, 0.29) is 0 Å². The lowest BCUT2D eigenvalue weighted by Crippen LogP contribution is -2.17. The van der Waals surface area contributed by atoms with E-state index in [4.69, 9.17) is 0 Å². The van der Waals surface area contributed by atoms with Gasteiger partial charge in [0.25, 0.3) is 0 Å². The molecule has 0 aliphatic rings. The summed E-state index contributed by atoms with van der Waals surface area (Å²) < 4.78 is 13.7. The van der Waals surface area contributed by atoms with E-state index < -0.39 is 7.14 Å². The van der Waals surface area contributed by atoms with Crippen molar-refractivity contribution in [3.8, 4) is 0 Å². The molecule has 100 valence electrons. The highest BCUT2D eigenvalue weighted by Gasteiger charge is 2.27. The quantitative estimate of drug-likeness (QED) is 0.729. The summed E-state index contributed by atoms with van der Waals surface area (Å²) in [5, 5.41) is 1.81. The largest absolute Gasteiger partial charge is 0.365 e. The van der Waals surface area contributed by atoms with E-state index in [0.717, 1.165) is 16.3 Å². The Morgan fingerprint density at radius 3 is 1.75 bits per heavy atom. The minimum atomic E-state index is -2.64. The van der Waals surface area contributed by atoms with Gasteiger partial charge in [0.15, 0.2) is 0 Å². The molecular formula is C17H16NOP. The Hall–Kier alpha value is -2.05. The summed E-state index contributed by atoms with van der Waals surface area (Å²) in [5.41, 5.74) is 1.00. The molecule has 3 aromatic rings. The van der Waals surface area contributed by atoms with Gasteiger partial charge in [-0.15, -0.1) is 0 Å². The molecule has 0 amide bonds. The molecule has 1 aromatic heterocycles. The van der Waals surface area contributed by atoms with Crippen LogP contribution in [0.3, 0.4) is 0 Å². The van der Waals surface area contributed by atoms with Gasteiger partial charge >= 0.3 is 0 Å². The summed E-state index contributed by atoms with van der Waals surface area (Å²) in [6.45, 7) is 0. The SMILES string of the molecule is O=P(Cc1ccc[nH]1)(c1ccccc1)c1ccccc1. The lowest BCUT2D eigenvalue weighted by molar-refractivity contribution is 0.586. The van der Waals surface area contributed by atoms with Crippen LogP contribution < -0.4 is 10.6 Å². The maximum atomic E-state index is 13.7. The third kappa shape index (κ3) is 2.48. The van der Waals surface area contributed by atoms with Crippen LogP contribution in [0, 0.1) is 0 Å². The van der Waals surface area contributed by atoms with Crippen molar-refractivity contribution in [2.24, 2.45) is 0 Å². The van der Waals surface area contributed by atoms with Crippen molar-refractivity contribution in [2.75, 3.05) is 0 Å². The van der Waals surface area contributed by atoms with E-state index >= 15 is 0 Å². The lowest BCUT2D eigenvalue weighted by Gasteiger charge is -2.18. The van der Waals surface area contributed by atoms with Crippen molar-refractivity contribution >= 4 is 17.8 Å². The summed E-state index contributed by atoms with van der Waals surface area (Å²) >= 11 is 0. The van der Waals surface area contributed by atoms with Crippen LogP contribution in [0.2, 0.25) is 0 Å². The van der Waals surface area contributed by atoms with Crippen molar-refractivity contribution < 1.29 is 4.57 Å². The maximum Gasteiger partial charge on any atom is 0.148 e. The Labute approximate surface area is 118 Å². The first kappa shape index (κ1) is 13.0. The van der Waals surface area contributed by atoms with Gasteiger partial charge in [-0.05, 0) is 12.1 Å². The standard InChI is InChI=1S/C17H16NOP/c19-20(14-15-8-7-13-18-15,16-9-3-1-4-10-16)17-11-5-2-6-12-17/h1-13,18H,14H2. The van der Waals surface area contributed by atoms with Crippen molar-refractivity contribution in [2.45, 2.75) is 6.16 Å². The first-order chi connectivity index (χ1) is 9.79. The number of aromatic amines is 1. The van der Waals surface area contributed by atoms with E-state index in [2.05, 4.69) is 4.98 Å². The number of H-pyrrole nitrogens is 1. The Morgan fingerprint density at radius 2 is 1.30 bits per heavy atom. The van der Waals surface area contributed by atoms with E-state index in [9.17, 15) is 4.57 Å². The molecule has 0 radical (unpaired) electrons. The molecule has 2 aromatic carbocycles. The highest BCUT2D eigenvalue weighted by Crippen LogP contribution is 2.46. The number of nitrogens with one attached hydrogen (secondary N) is 1. The molecule has 0 aliphatic heterocycles. The zero-order valence-electron chi connectivity index (χ0n) is 11.1. The summed E-state index contributed by atoms with van der Waals surface area (Å²) in [6, 6.07) is 23.4. The fraction of sp³-hybridized carbons (Fsp3) is 0.0588. The van der Waals surface area contributed by atoms with Crippen LogP contribution in [0.25, 0.3) is 0 Å². The second-order valence-electron chi connectivity index (χ2n) is 4.76. The zero-order valence-corrected chi connectivity index (χ0v) is 12.0. The van der Waals surface area contributed by atoms with Crippen LogP contribution in [-0.2, 0) is 10.7 Å². The van der Waals surface area contributed by atoms with Crippen molar-refractivity contribution in [3.05, 3.63) is 84.7 Å². The first-order valence-corrected chi connectivity index (χ1v) is 8.51. The van der Waals surface area contributed by atoms with Gasteiger partial charge in [0, 0.05) is 28.7 Å². The summed E-state index contributed by atoms with van der Waals surface area (Å²) in [7, 11) is -2.64. The van der Waals surface area contributed by atoms with E-state index in [1.54, 1.807) is 0 Å². The van der Waals surface area contributed by atoms with E-state index in [1.165, 1.54) is 0 Å². The smallest absolute Gasteiger partial charge is 0.148 e. The van der Waals surface area contributed by atoms with Crippen molar-refractivity contribution in [1.29, 1.82) is 0 Å². The third-order valence-corrected chi connectivity index (χ3v) is 6.45. The van der Waals surface area contributed by atoms with Gasteiger partial charge in [-0.2, -0.15) is 0 Å². The normalized spacial score (nSPS) is 11.4. The van der Waals surface area contributed by atoms with Gasteiger partial charge in [0.05, 0.1) is 0 Å². The van der Waals surface area contributed by atoms with Gasteiger partial charge in [-0.25, -0.2) is 0 Å². The second-order valence-corrected chi connectivity index (χ2v) is 7.59. The van der Waals surface area contributed by atoms with Gasteiger partial charge in [-0.1, -0.05) is 60.7 Å². The molecule has 2 nitrogen and oxygen atoms in total. The van der Waals surface area contributed by atoms with Crippen LogP contribution in [0.4, 0.5) is 0 Å². The number of aromatic nitrogens is 1. The summed E-state index contributed by atoms with van der Waals surface area (Å²) in [4.78, 5) is 3.16. The fourth-order valence-corrected chi connectivity index (χ4v) is 5.02. The van der Waals surface area contributed by atoms with Crippen molar-refractivity contribution in [3.63, 3.8) is 0 Å². The predicted molar refractivity (Wildman–Crippen MR) is 84.3 cm³/mol. The summed E-state index contributed by atoms with van der Waals surface area (Å²) in [5.74, 6) is 0. The van der Waals surface area contributed by atoms with E-state index in [0.29, 0.717) is 6.16 Å². The molecular weight excluding hydrogens is 265 g/mol. The molecule has 3 heteroatoms. The molecule has 0 aliphatic carbocycles. The first-order valence-electron chi connectivity index (χ1n) is 6.61. The van der Waals surface area contributed by atoms with Crippen LogP contribution in [0.5, 0.6) is 0 Å². The van der Waals surface area contributed by atoms with Gasteiger partial charge < -0.3 is 9.55 Å². The Bertz CT molecular complexity index is 662. The summed E-state index contributed by atoms with van der Waals surface area (Å²) in [6.07, 6.45) is 2.39. The zero-order chi connectivity index (χ0) is 13.8. The second kappa shape index (κ2) is 5.52. The molecule has 1 heterocycles. The average molecular weight is 281 g/mol. The minimum absolute atomic E-state index is 0.522. The molecule has 3 rings (SSSR count). The van der Waals surface area contributed by atoms with Gasteiger partial charge in [0.1, 0.15) is 7.14 Å². The Morgan fingerprint density at radius 1 is 0.750 bits per heavy atom. The highest BCUT2D eigenvalue weighted by atomic mass is 31.2. The molecule has 0 atom stereocenters. The molecule has 0 unspecified atom stereocenters. The minimum Gasteiger partial charge on any atom is -0.365 e. The van der Waals surface area contributed by atoms with Crippen LogP contribution in [0.1, 0.15) is 5.69 Å².